The minimum absolute atomic E-state index is 0.160. The molecule has 1 heterocycles. The number of ether oxygens (including phenoxy) is 1. The fourth-order valence-corrected chi connectivity index (χ4v) is 2.86. The molecule has 5 nitrogen and oxygen atoms in total. The fourth-order valence-electron chi connectivity index (χ4n) is 2.59. The number of nitrogens with zero attached hydrogens (tertiary/aromatic N) is 2. The second-order valence-corrected chi connectivity index (χ2v) is 6.44. The molecule has 0 atom stereocenters. The first-order chi connectivity index (χ1) is 12.1. The van der Waals surface area contributed by atoms with E-state index in [2.05, 4.69) is 26.3 Å². The highest BCUT2D eigenvalue weighted by Crippen LogP contribution is 2.19. The summed E-state index contributed by atoms with van der Waals surface area (Å²) in [6, 6.07) is 15.4. The van der Waals surface area contributed by atoms with Crippen molar-refractivity contribution >= 4 is 21.8 Å². The molecule has 0 unspecified atom stereocenters. The maximum atomic E-state index is 12.5. The van der Waals surface area contributed by atoms with Gasteiger partial charge < -0.3 is 10.1 Å². The summed E-state index contributed by atoms with van der Waals surface area (Å²) in [6.45, 7) is 2.28. The SMILES string of the molecule is COc1ccccc1CNC(=O)c1cnn(-c2ccc(Br)cc2)c1C. The molecule has 0 radical (unpaired) electrons. The molecule has 25 heavy (non-hydrogen) atoms. The summed E-state index contributed by atoms with van der Waals surface area (Å²) in [5, 5.41) is 7.27. The lowest BCUT2D eigenvalue weighted by Crippen LogP contribution is -2.23. The first kappa shape index (κ1) is 17.2. The van der Waals surface area contributed by atoms with Gasteiger partial charge in [0.15, 0.2) is 0 Å². The summed E-state index contributed by atoms with van der Waals surface area (Å²) in [7, 11) is 1.62. The van der Waals surface area contributed by atoms with Crippen LogP contribution in [-0.4, -0.2) is 22.8 Å². The fraction of sp³-hybridized carbons (Fsp3) is 0.158. The average Bonchev–Trinajstić information content (AvgIpc) is 3.02. The molecule has 0 aliphatic heterocycles. The zero-order valence-electron chi connectivity index (χ0n) is 14.0. The van der Waals surface area contributed by atoms with Gasteiger partial charge in [-0.1, -0.05) is 34.1 Å². The van der Waals surface area contributed by atoms with E-state index in [0.717, 1.165) is 27.2 Å². The van der Waals surface area contributed by atoms with E-state index in [-0.39, 0.29) is 5.91 Å². The Balaban J connectivity index is 1.76. The number of carbonyl (C=O) groups is 1. The Morgan fingerprint density at radius 3 is 2.64 bits per heavy atom. The zero-order valence-corrected chi connectivity index (χ0v) is 15.6. The second-order valence-electron chi connectivity index (χ2n) is 5.53. The summed E-state index contributed by atoms with van der Waals surface area (Å²) in [5.41, 5.74) is 3.18. The monoisotopic (exact) mass is 399 g/mol. The van der Waals surface area contributed by atoms with E-state index in [9.17, 15) is 4.79 Å². The Bertz CT molecular complexity index is 888. The standard InChI is InChI=1S/C19H18BrN3O2/c1-13-17(12-22-23(13)16-9-7-15(20)8-10-16)19(24)21-11-14-5-3-4-6-18(14)25-2/h3-10,12H,11H2,1-2H3,(H,21,24). The van der Waals surface area contributed by atoms with Crippen LogP contribution < -0.4 is 10.1 Å². The van der Waals surface area contributed by atoms with Crippen LogP contribution in [0.1, 0.15) is 21.6 Å². The quantitative estimate of drug-likeness (QED) is 0.707. The number of carbonyl (C=O) groups excluding carboxylic acids is 1. The lowest BCUT2D eigenvalue weighted by atomic mass is 10.2. The van der Waals surface area contributed by atoms with Crippen molar-refractivity contribution in [3.05, 3.63) is 76.0 Å². The predicted molar refractivity (Wildman–Crippen MR) is 100 cm³/mol. The molecule has 0 saturated heterocycles. The van der Waals surface area contributed by atoms with E-state index in [1.54, 1.807) is 18.0 Å². The Kier molecular flexibility index (Phi) is 5.19. The average molecular weight is 400 g/mol. The van der Waals surface area contributed by atoms with Crippen LogP contribution in [0.4, 0.5) is 0 Å². The molecular weight excluding hydrogens is 382 g/mol. The van der Waals surface area contributed by atoms with Crippen molar-refractivity contribution in [2.75, 3.05) is 7.11 Å². The molecule has 0 bridgehead atoms. The molecule has 1 aromatic heterocycles. The molecule has 0 saturated carbocycles. The van der Waals surface area contributed by atoms with Crippen molar-refractivity contribution in [3.63, 3.8) is 0 Å². The molecule has 128 valence electrons. The molecule has 0 spiro atoms. The topological polar surface area (TPSA) is 56.1 Å². The van der Waals surface area contributed by atoms with Gasteiger partial charge in [-0.25, -0.2) is 4.68 Å². The third-order valence-electron chi connectivity index (χ3n) is 3.96. The van der Waals surface area contributed by atoms with Crippen LogP contribution in [0.2, 0.25) is 0 Å². The number of rotatable bonds is 5. The third kappa shape index (κ3) is 3.74. The maximum Gasteiger partial charge on any atom is 0.255 e. The predicted octanol–water partition coefficient (Wildman–Crippen LogP) is 3.88. The number of nitrogens with one attached hydrogen (secondary N) is 1. The number of hydrogen-bond acceptors (Lipinski definition) is 3. The van der Waals surface area contributed by atoms with Crippen LogP contribution in [0.5, 0.6) is 5.75 Å². The summed E-state index contributed by atoms with van der Waals surface area (Å²) in [4.78, 5) is 12.5. The van der Waals surface area contributed by atoms with Crippen LogP contribution in [0.3, 0.4) is 0 Å². The van der Waals surface area contributed by atoms with Gasteiger partial charge in [0.1, 0.15) is 5.75 Å². The molecule has 0 aliphatic rings. The van der Waals surface area contributed by atoms with Gasteiger partial charge in [-0.2, -0.15) is 5.10 Å². The Morgan fingerprint density at radius 2 is 1.92 bits per heavy atom. The molecule has 3 aromatic rings. The molecular formula is C19H18BrN3O2. The van der Waals surface area contributed by atoms with Gasteiger partial charge >= 0.3 is 0 Å². The summed E-state index contributed by atoms with van der Waals surface area (Å²) in [5.74, 6) is 0.594. The van der Waals surface area contributed by atoms with E-state index in [1.807, 2.05) is 55.5 Å². The number of amides is 1. The lowest BCUT2D eigenvalue weighted by Gasteiger charge is -2.09. The number of para-hydroxylation sites is 1. The third-order valence-corrected chi connectivity index (χ3v) is 4.49. The van der Waals surface area contributed by atoms with E-state index in [0.29, 0.717) is 12.1 Å². The van der Waals surface area contributed by atoms with Crippen LogP contribution >= 0.6 is 15.9 Å². The number of hydrogen-bond donors (Lipinski definition) is 1. The highest BCUT2D eigenvalue weighted by molar-refractivity contribution is 9.10. The minimum atomic E-state index is -0.160. The van der Waals surface area contributed by atoms with E-state index in [4.69, 9.17) is 4.74 Å². The maximum absolute atomic E-state index is 12.5. The van der Waals surface area contributed by atoms with E-state index in [1.165, 1.54) is 0 Å². The van der Waals surface area contributed by atoms with Gasteiger partial charge in [0.25, 0.3) is 5.91 Å². The first-order valence-corrected chi connectivity index (χ1v) is 8.60. The summed E-state index contributed by atoms with van der Waals surface area (Å²) >= 11 is 3.42. The molecule has 0 aliphatic carbocycles. The molecule has 1 N–H and O–H groups in total. The van der Waals surface area contributed by atoms with Gasteiger partial charge in [-0.15, -0.1) is 0 Å². The first-order valence-electron chi connectivity index (χ1n) is 7.81. The van der Waals surface area contributed by atoms with Crippen molar-refractivity contribution in [1.82, 2.24) is 15.1 Å². The number of halogens is 1. The van der Waals surface area contributed by atoms with Gasteiger partial charge in [-0.05, 0) is 37.3 Å². The molecule has 3 rings (SSSR count). The largest absolute Gasteiger partial charge is 0.496 e. The normalized spacial score (nSPS) is 10.5. The van der Waals surface area contributed by atoms with Gasteiger partial charge in [0.2, 0.25) is 0 Å². The smallest absolute Gasteiger partial charge is 0.255 e. The van der Waals surface area contributed by atoms with Crippen LogP contribution in [0, 0.1) is 6.92 Å². The summed E-state index contributed by atoms with van der Waals surface area (Å²) < 4.78 is 8.06. The highest BCUT2D eigenvalue weighted by atomic mass is 79.9. The van der Waals surface area contributed by atoms with Crippen LogP contribution in [-0.2, 0) is 6.54 Å². The number of methoxy groups -OCH3 is 1. The molecule has 2 aromatic carbocycles. The Morgan fingerprint density at radius 1 is 1.20 bits per heavy atom. The van der Waals surface area contributed by atoms with Gasteiger partial charge in [0, 0.05) is 16.6 Å². The van der Waals surface area contributed by atoms with Crippen molar-refractivity contribution < 1.29 is 9.53 Å². The zero-order chi connectivity index (χ0) is 17.8. The van der Waals surface area contributed by atoms with Crippen LogP contribution in [0.15, 0.2) is 59.2 Å². The van der Waals surface area contributed by atoms with E-state index >= 15 is 0 Å². The molecule has 0 fully saturated rings. The van der Waals surface area contributed by atoms with Crippen molar-refractivity contribution in [2.45, 2.75) is 13.5 Å². The molecule has 1 amide bonds. The summed E-state index contributed by atoms with van der Waals surface area (Å²) in [6.07, 6.45) is 1.59. The Hall–Kier alpha value is -2.60. The number of benzene rings is 2. The van der Waals surface area contributed by atoms with E-state index < -0.39 is 0 Å². The highest BCUT2D eigenvalue weighted by Gasteiger charge is 2.15. The van der Waals surface area contributed by atoms with Crippen molar-refractivity contribution in [2.24, 2.45) is 0 Å². The Labute approximate surface area is 154 Å². The minimum Gasteiger partial charge on any atom is -0.496 e. The van der Waals surface area contributed by atoms with Crippen LogP contribution in [0.25, 0.3) is 5.69 Å². The van der Waals surface area contributed by atoms with Gasteiger partial charge in [-0.3, -0.25) is 4.79 Å². The van der Waals surface area contributed by atoms with Gasteiger partial charge in [0.05, 0.1) is 30.3 Å². The number of aromatic nitrogens is 2. The lowest BCUT2D eigenvalue weighted by molar-refractivity contribution is 0.0950. The van der Waals surface area contributed by atoms with Crippen molar-refractivity contribution in [3.8, 4) is 11.4 Å². The van der Waals surface area contributed by atoms with Crippen molar-refractivity contribution in [1.29, 1.82) is 0 Å². The molecule has 6 heteroatoms. The second kappa shape index (κ2) is 7.53.